The van der Waals surface area contributed by atoms with Crippen LogP contribution in [-0.2, 0) is 6.54 Å². The lowest BCUT2D eigenvalue weighted by Gasteiger charge is -2.37. The fraction of sp³-hybridized carbons (Fsp3) is 0.429. The van der Waals surface area contributed by atoms with Crippen molar-refractivity contribution in [3.05, 3.63) is 63.8 Å². The van der Waals surface area contributed by atoms with Gasteiger partial charge in [-0.15, -0.1) is 0 Å². The number of hydrogen-bond acceptors (Lipinski definition) is 4. The maximum atomic E-state index is 13.2. The molecule has 148 valence electrons. The Balaban J connectivity index is 1.61. The fourth-order valence-corrected chi connectivity index (χ4v) is 4.15. The molecule has 1 atom stereocenters. The lowest BCUT2D eigenvalue weighted by molar-refractivity contribution is 0.0633. The number of likely N-dealkylation sites (tertiary alicyclic amines) is 1. The van der Waals surface area contributed by atoms with E-state index in [2.05, 4.69) is 4.90 Å². The number of aromatic nitrogens is 1. The first kappa shape index (κ1) is 18.7. The highest BCUT2D eigenvalue weighted by Gasteiger charge is 2.33. The molecule has 1 aromatic carbocycles. The molecule has 1 N–H and O–H groups in total. The third-order valence-electron chi connectivity index (χ3n) is 5.68. The van der Waals surface area contributed by atoms with E-state index < -0.39 is 11.2 Å². The van der Waals surface area contributed by atoms with Crippen LogP contribution in [0.25, 0.3) is 0 Å². The summed E-state index contributed by atoms with van der Waals surface area (Å²) in [4.78, 5) is 29.0. The Kier molecular flexibility index (Phi) is 5.17. The molecule has 6 nitrogen and oxygen atoms in total. The van der Waals surface area contributed by atoms with Gasteiger partial charge >= 0.3 is 0 Å². The van der Waals surface area contributed by atoms with Crippen LogP contribution >= 0.6 is 0 Å². The highest BCUT2D eigenvalue weighted by molar-refractivity contribution is 5.95. The van der Waals surface area contributed by atoms with Gasteiger partial charge in [-0.05, 0) is 50.0 Å². The van der Waals surface area contributed by atoms with Gasteiger partial charge in [-0.3, -0.25) is 9.59 Å². The Labute approximate surface area is 162 Å². The lowest BCUT2D eigenvalue weighted by Crippen LogP contribution is -2.44. The van der Waals surface area contributed by atoms with E-state index in [4.69, 9.17) is 0 Å². The van der Waals surface area contributed by atoms with Gasteiger partial charge < -0.3 is 19.5 Å². The van der Waals surface area contributed by atoms with Crippen LogP contribution < -0.4 is 5.43 Å². The first-order chi connectivity index (χ1) is 13.5. The third-order valence-corrected chi connectivity index (χ3v) is 5.68. The summed E-state index contributed by atoms with van der Waals surface area (Å²) in [5, 5.41) is 10.3. The molecule has 2 aliphatic rings. The fourth-order valence-electron chi connectivity index (χ4n) is 4.15. The predicted molar refractivity (Wildman–Crippen MR) is 103 cm³/mol. The summed E-state index contributed by atoms with van der Waals surface area (Å²) < 4.78 is 14.9. The standard InChI is InChI=1S/C21H24FN3O3/c22-16-5-3-15(4-6-16)13-24-14-17(7-11-23-9-1-2-10-23)25-12-8-18(26)20(27)19(25)21(24)28/h3-6,8,12,17,27H,1-2,7,9-11,13-14H2. The predicted octanol–water partition coefficient (Wildman–Crippen LogP) is 2.38. The molecule has 0 spiro atoms. The maximum Gasteiger partial charge on any atom is 0.274 e. The minimum Gasteiger partial charge on any atom is -0.503 e. The highest BCUT2D eigenvalue weighted by atomic mass is 19.1. The second-order valence-corrected chi connectivity index (χ2v) is 7.59. The molecule has 0 bridgehead atoms. The summed E-state index contributed by atoms with van der Waals surface area (Å²) >= 11 is 0. The van der Waals surface area contributed by atoms with Crippen molar-refractivity contribution in [1.82, 2.24) is 14.4 Å². The molecule has 1 aromatic heterocycles. The van der Waals surface area contributed by atoms with Crippen molar-refractivity contribution in [2.24, 2.45) is 0 Å². The number of rotatable bonds is 5. The van der Waals surface area contributed by atoms with Crippen LogP contribution in [-0.4, -0.2) is 51.6 Å². The second-order valence-electron chi connectivity index (χ2n) is 7.59. The first-order valence-corrected chi connectivity index (χ1v) is 9.73. The van der Waals surface area contributed by atoms with Crippen LogP contribution in [0, 0.1) is 5.82 Å². The van der Waals surface area contributed by atoms with Crippen molar-refractivity contribution in [3.63, 3.8) is 0 Å². The van der Waals surface area contributed by atoms with Crippen LogP contribution in [0.3, 0.4) is 0 Å². The van der Waals surface area contributed by atoms with E-state index in [0.717, 1.165) is 31.6 Å². The minimum absolute atomic E-state index is 0.0275. The highest BCUT2D eigenvalue weighted by Crippen LogP contribution is 2.29. The van der Waals surface area contributed by atoms with Crippen LogP contribution in [0.2, 0.25) is 0 Å². The molecule has 1 fully saturated rings. The van der Waals surface area contributed by atoms with E-state index in [1.54, 1.807) is 27.8 Å². The molecule has 28 heavy (non-hydrogen) atoms. The Morgan fingerprint density at radius 1 is 1.07 bits per heavy atom. The molecule has 0 aliphatic carbocycles. The van der Waals surface area contributed by atoms with Gasteiger partial charge in [-0.25, -0.2) is 4.39 Å². The Hall–Kier alpha value is -2.67. The number of benzene rings is 1. The Morgan fingerprint density at radius 3 is 2.50 bits per heavy atom. The molecule has 1 amide bonds. The summed E-state index contributed by atoms with van der Waals surface area (Å²) in [6.07, 6.45) is 4.86. The summed E-state index contributed by atoms with van der Waals surface area (Å²) in [6, 6.07) is 7.31. The number of nitrogens with zero attached hydrogens (tertiary/aromatic N) is 3. The smallest absolute Gasteiger partial charge is 0.274 e. The van der Waals surface area contributed by atoms with E-state index in [1.165, 1.54) is 31.0 Å². The van der Waals surface area contributed by atoms with E-state index in [0.29, 0.717) is 13.1 Å². The van der Waals surface area contributed by atoms with Gasteiger partial charge in [0, 0.05) is 31.9 Å². The molecule has 0 radical (unpaired) electrons. The van der Waals surface area contributed by atoms with E-state index in [-0.39, 0.29) is 23.5 Å². The molecule has 3 heterocycles. The third kappa shape index (κ3) is 3.67. The van der Waals surface area contributed by atoms with Gasteiger partial charge in [0.05, 0.1) is 6.04 Å². The average Bonchev–Trinajstić information content (AvgIpc) is 3.21. The molecule has 7 heteroatoms. The van der Waals surface area contributed by atoms with Crippen LogP contribution in [0.5, 0.6) is 5.75 Å². The van der Waals surface area contributed by atoms with Crippen molar-refractivity contribution in [3.8, 4) is 5.75 Å². The van der Waals surface area contributed by atoms with Gasteiger partial charge in [0.2, 0.25) is 5.43 Å². The summed E-state index contributed by atoms with van der Waals surface area (Å²) in [5.74, 6) is -1.20. The zero-order valence-corrected chi connectivity index (χ0v) is 15.7. The molecule has 2 aromatic rings. The van der Waals surface area contributed by atoms with Crippen molar-refractivity contribution in [2.75, 3.05) is 26.2 Å². The van der Waals surface area contributed by atoms with E-state index in [9.17, 15) is 19.1 Å². The minimum atomic E-state index is -0.554. The number of hydrogen-bond donors (Lipinski definition) is 1. The van der Waals surface area contributed by atoms with E-state index >= 15 is 0 Å². The Bertz CT molecular complexity index is 919. The number of amides is 1. The summed E-state index contributed by atoms with van der Waals surface area (Å²) in [7, 11) is 0. The maximum absolute atomic E-state index is 13.2. The van der Waals surface area contributed by atoms with Gasteiger partial charge in [-0.2, -0.15) is 0 Å². The van der Waals surface area contributed by atoms with Gasteiger partial charge in [0.1, 0.15) is 5.82 Å². The molecule has 0 saturated carbocycles. The number of halogens is 1. The lowest BCUT2D eigenvalue weighted by atomic mass is 10.1. The number of fused-ring (bicyclic) bond motifs is 1. The molecular weight excluding hydrogens is 361 g/mol. The van der Waals surface area contributed by atoms with Crippen molar-refractivity contribution in [2.45, 2.75) is 31.8 Å². The Morgan fingerprint density at radius 2 is 1.79 bits per heavy atom. The van der Waals surface area contributed by atoms with Gasteiger partial charge in [0.25, 0.3) is 5.91 Å². The second kappa shape index (κ2) is 7.75. The number of carbonyl (C=O) groups is 1. The van der Waals surface area contributed by atoms with Crippen LogP contribution in [0.4, 0.5) is 4.39 Å². The van der Waals surface area contributed by atoms with Crippen LogP contribution in [0.15, 0.2) is 41.3 Å². The quantitative estimate of drug-likeness (QED) is 0.858. The van der Waals surface area contributed by atoms with E-state index in [1.807, 2.05) is 0 Å². The molecule has 1 unspecified atom stereocenters. The van der Waals surface area contributed by atoms with Crippen molar-refractivity contribution >= 4 is 5.91 Å². The van der Waals surface area contributed by atoms with Crippen LogP contribution in [0.1, 0.15) is 41.4 Å². The van der Waals surface area contributed by atoms with Gasteiger partial charge in [0.15, 0.2) is 11.4 Å². The number of pyridine rings is 1. The van der Waals surface area contributed by atoms with Crippen molar-refractivity contribution < 1.29 is 14.3 Å². The summed E-state index contributed by atoms with van der Waals surface area (Å²) in [6.45, 7) is 3.89. The summed E-state index contributed by atoms with van der Waals surface area (Å²) in [5.41, 5.74) is 0.299. The molecular formula is C21H24FN3O3. The molecule has 1 saturated heterocycles. The molecule has 2 aliphatic heterocycles. The largest absolute Gasteiger partial charge is 0.503 e. The zero-order valence-electron chi connectivity index (χ0n) is 15.7. The number of carbonyl (C=O) groups excluding carboxylic acids is 1. The topological polar surface area (TPSA) is 65.8 Å². The van der Waals surface area contributed by atoms with Crippen molar-refractivity contribution in [1.29, 1.82) is 0 Å². The first-order valence-electron chi connectivity index (χ1n) is 9.73. The van der Waals surface area contributed by atoms with Gasteiger partial charge in [-0.1, -0.05) is 12.1 Å². The average molecular weight is 385 g/mol. The normalized spacial score (nSPS) is 19.8. The monoisotopic (exact) mass is 385 g/mol. The zero-order chi connectivity index (χ0) is 19.7. The number of aromatic hydroxyl groups is 1. The molecule has 4 rings (SSSR count). The SMILES string of the molecule is O=C1c2c(O)c(=O)ccn2C(CCN2CCCC2)CN1Cc1ccc(F)cc1.